The lowest BCUT2D eigenvalue weighted by Gasteiger charge is -2.34. The summed E-state index contributed by atoms with van der Waals surface area (Å²) < 4.78 is 2.17. The second-order valence-electron chi connectivity index (χ2n) is 7.89. The van der Waals surface area contributed by atoms with Crippen molar-refractivity contribution in [3.05, 3.63) is 84.4 Å². The first kappa shape index (κ1) is 24.1. The van der Waals surface area contributed by atoms with Gasteiger partial charge in [-0.15, -0.1) is 24.0 Å². The first-order valence-corrected chi connectivity index (χ1v) is 11.2. The number of nitrogens with one attached hydrogen (secondary N) is 2. The van der Waals surface area contributed by atoms with E-state index >= 15 is 0 Å². The highest BCUT2D eigenvalue weighted by Crippen LogP contribution is 2.19. The van der Waals surface area contributed by atoms with Gasteiger partial charge in [0.05, 0.1) is 0 Å². The van der Waals surface area contributed by atoms with Crippen molar-refractivity contribution in [3.63, 3.8) is 0 Å². The Morgan fingerprint density at radius 1 is 1.03 bits per heavy atom. The average Bonchev–Trinajstić information content (AvgIpc) is 3.26. The van der Waals surface area contributed by atoms with Crippen LogP contribution < -0.4 is 15.5 Å². The van der Waals surface area contributed by atoms with E-state index in [1.165, 1.54) is 11.3 Å². The van der Waals surface area contributed by atoms with Gasteiger partial charge in [-0.05, 0) is 37.5 Å². The Kier molecular flexibility index (Phi) is 9.40. The molecular formula is C25H33IN6. The number of rotatable bonds is 7. The summed E-state index contributed by atoms with van der Waals surface area (Å²) in [4.78, 5) is 11.8. The number of piperidine rings is 1. The SMILES string of the molecule is CCNC(=NCc1nccn1Cc1ccccc1)NC1CCN(c2ccccc2)CC1.I. The molecular weight excluding hydrogens is 511 g/mol. The second-order valence-corrected chi connectivity index (χ2v) is 7.89. The van der Waals surface area contributed by atoms with E-state index in [4.69, 9.17) is 4.99 Å². The standard InChI is InChI=1S/C25H32N6.HI/c1-2-26-25(29-22-13-16-30(17-14-22)23-11-7-4-8-12-23)28-19-24-27-15-18-31(24)20-21-9-5-3-6-10-21;/h3-12,15,18,22H,2,13-14,16-17,19-20H2,1H3,(H2,26,28,29);1H. The second kappa shape index (κ2) is 12.5. The van der Waals surface area contributed by atoms with Gasteiger partial charge in [0.2, 0.25) is 0 Å². The molecule has 32 heavy (non-hydrogen) atoms. The molecule has 0 saturated carbocycles. The summed E-state index contributed by atoms with van der Waals surface area (Å²) >= 11 is 0. The van der Waals surface area contributed by atoms with Crippen LogP contribution in [0.25, 0.3) is 0 Å². The Labute approximate surface area is 208 Å². The van der Waals surface area contributed by atoms with Crippen LogP contribution in [-0.4, -0.2) is 41.2 Å². The molecule has 4 rings (SSSR count). The Balaban J connectivity index is 0.00000289. The third-order valence-corrected chi connectivity index (χ3v) is 5.68. The van der Waals surface area contributed by atoms with Gasteiger partial charge >= 0.3 is 0 Å². The fourth-order valence-electron chi connectivity index (χ4n) is 4.00. The fourth-order valence-corrected chi connectivity index (χ4v) is 4.00. The molecule has 1 aliphatic rings. The van der Waals surface area contributed by atoms with Gasteiger partial charge in [0.15, 0.2) is 5.96 Å². The number of guanidine groups is 1. The van der Waals surface area contributed by atoms with Crippen molar-refractivity contribution in [2.75, 3.05) is 24.5 Å². The number of hydrogen-bond acceptors (Lipinski definition) is 3. The topological polar surface area (TPSA) is 57.5 Å². The molecule has 1 saturated heterocycles. The first-order chi connectivity index (χ1) is 15.3. The zero-order valence-corrected chi connectivity index (χ0v) is 21.0. The van der Waals surface area contributed by atoms with E-state index in [1.807, 2.05) is 18.5 Å². The van der Waals surface area contributed by atoms with E-state index < -0.39 is 0 Å². The smallest absolute Gasteiger partial charge is 0.191 e. The van der Waals surface area contributed by atoms with Crippen LogP contribution >= 0.6 is 24.0 Å². The lowest BCUT2D eigenvalue weighted by atomic mass is 10.0. The highest BCUT2D eigenvalue weighted by molar-refractivity contribution is 14.0. The number of para-hydroxylation sites is 1. The lowest BCUT2D eigenvalue weighted by Crippen LogP contribution is -2.48. The largest absolute Gasteiger partial charge is 0.371 e. The maximum Gasteiger partial charge on any atom is 0.191 e. The van der Waals surface area contributed by atoms with Gasteiger partial charge in [-0.1, -0.05) is 48.5 Å². The van der Waals surface area contributed by atoms with Crippen LogP contribution in [0.5, 0.6) is 0 Å². The minimum Gasteiger partial charge on any atom is -0.371 e. The van der Waals surface area contributed by atoms with Gasteiger partial charge in [0, 0.05) is 50.3 Å². The molecule has 0 radical (unpaired) electrons. The van der Waals surface area contributed by atoms with Crippen molar-refractivity contribution in [2.24, 2.45) is 4.99 Å². The molecule has 0 atom stereocenters. The molecule has 1 aromatic heterocycles. The molecule has 0 aliphatic carbocycles. The normalized spacial score (nSPS) is 14.7. The van der Waals surface area contributed by atoms with E-state index in [9.17, 15) is 0 Å². The summed E-state index contributed by atoms with van der Waals surface area (Å²) in [5.74, 6) is 1.84. The van der Waals surface area contributed by atoms with Gasteiger partial charge in [-0.2, -0.15) is 0 Å². The summed E-state index contributed by atoms with van der Waals surface area (Å²) in [5, 5.41) is 7.03. The van der Waals surface area contributed by atoms with Crippen molar-refractivity contribution in [2.45, 2.75) is 38.9 Å². The fraction of sp³-hybridized carbons (Fsp3) is 0.360. The van der Waals surface area contributed by atoms with E-state index in [0.717, 1.165) is 50.8 Å². The predicted octanol–water partition coefficient (Wildman–Crippen LogP) is 4.27. The molecule has 3 aromatic rings. The number of anilines is 1. The Bertz CT molecular complexity index is 949. The monoisotopic (exact) mass is 544 g/mol. The third-order valence-electron chi connectivity index (χ3n) is 5.68. The molecule has 0 spiro atoms. The van der Waals surface area contributed by atoms with Crippen LogP contribution in [0.2, 0.25) is 0 Å². The van der Waals surface area contributed by atoms with Crippen LogP contribution in [0.4, 0.5) is 5.69 Å². The Morgan fingerprint density at radius 3 is 2.41 bits per heavy atom. The van der Waals surface area contributed by atoms with Crippen LogP contribution in [0.1, 0.15) is 31.2 Å². The molecule has 0 bridgehead atoms. The summed E-state index contributed by atoms with van der Waals surface area (Å²) in [6.07, 6.45) is 6.08. The molecule has 7 heteroatoms. The summed E-state index contributed by atoms with van der Waals surface area (Å²) in [6.45, 7) is 6.43. The summed E-state index contributed by atoms with van der Waals surface area (Å²) in [7, 11) is 0. The maximum atomic E-state index is 4.83. The van der Waals surface area contributed by atoms with Crippen molar-refractivity contribution in [1.29, 1.82) is 0 Å². The zero-order chi connectivity index (χ0) is 21.3. The van der Waals surface area contributed by atoms with E-state index in [1.54, 1.807) is 0 Å². The van der Waals surface area contributed by atoms with Gasteiger partial charge < -0.3 is 20.1 Å². The number of benzene rings is 2. The van der Waals surface area contributed by atoms with Crippen LogP contribution in [0.3, 0.4) is 0 Å². The van der Waals surface area contributed by atoms with Crippen LogP contribution in [0.15, 0.2) is 78.0 Å². The summed E-state index contributed by atoms with van der Waals surface area (Å²) in [6, 6.07) is 21.6. The average molecular weight is 544 g/mol. The van der Waals surface area contributed by atoms with E-state index in [-0.39, 0.29) is 24.0 Å². The molecule has 1 aliphatic heterocycles. The lowest BCUT2D eigenvalue weighted by molar-refractivity contribution is 0.461. The van der Waals surface area contributed by atoms with Crippen LogP contribution in [0, 0.1) is 0 Å². The van der Waals surface area contributed by atoms with Gasteiger partial charge in [-0.25, -0.2) is 9.98 Å². The number of nitrogens with zero attached hydrogens (tertiary/aromatic N) is 4. The number of aromatic nitrogens is 2. The molecule has 2 N–H and O–H groups in total. The molecule has 0 amide bonds. The first-order valence-electron chi connectivity index (χ1n) is 11.2. The molecule has 170 valence electrons. The molecule has 1 fully saturated rings. The molecule has 6 nitrogen and oxygen atoms in total. The van der Waals surface area contributed by atoms with Crippen molar-refractivity contribution in [1.82, 2.24) is 20.2 Å². The molecule has 2 aromatic carbocycles. The molecule has 2 heterocycles. The number of hydrogen-bond donors (Lipinski definition) is 2. The van der Waals surface area contributed by atoms with Gasteiger partial charge in [0.1, 0.15) is 12.4 Å². The highest BCUT2D eigenvalue weighted by Gasteiger charge is 2.20. The maximum absolute atomic E-state index is 4.83. The van der Waals surface area contributed by atoms with Gasteiger partial charge in [-0.3, -0.25) is 0 Å². The Hall–Kier alpha value is -2.55. The van der Waals surface area contributed by atoms with Crippen LogP contribution in [-0.2, 0) is 13.1 Å². The molecule has 0 unspecified atom stereocenters. The minimum atomic E-state index is 0. The minimum absolute atomic E-state index is 0. The Morgan fingerprint density at radius 2 is 1.72 bits per heavy atom. The van der Waals surface area contributed by atoms with Crippen molar-refractivity contribution < 1.29 is 0 Å². The highest BCUT2D eigenvalue weighted by atomic mass is 127. The number of imidazole rings is 1. The quantitative estimate of drug-likeness (QED) is 0.265. The van der Waals surface area contributed by atoms with E-state index in [2.05, 4.69) is 86.6 Å². The van der Waals surface area contributed by atoms with Gasteiger partial charge in [0.25, 0.3) is 0 Å². The number of halogens is 1. The third kappa shape index (κ3) is 6.72. The zero-order valence-electron chi connectivity index (χ0n) is 18.7. The number of aliphatic imine (C=N–C) groups is 1. The predicted molar refractivity (Wildman–Crippen MR) is 143 cm³/mol. The van der Waals surface area contributed by atoms with Crippen molar-refractivity contribution in [3.8, 4) is 0 Å². The van der Waals surface area contributed by atoms with Crippen molar-refractivity contribution >= 4 is 35.6 Å². The van der Waals surface area contributed by atoms with E-state index in [0.29, 0.717) is 12.6 Å². The summed E-state index contributed by atoms with van der Waals surface area (Å²) in [5.41, 5.74) is 2.58.